The maximum Gasteiger partial charge on any atom is 0.0470 e. The van der Waals surface area contributed by atoms with E-state index in [0.717, 1.165) is 12.3 Å². The highest BCUT2D eigenvalue weighted by molar-refractivity contribution is 7.99. The molecule has 13 heavy (non-hydrogen) atoms. The van der Waals surface area contributed by atoms with Gasteiger partial charge in [0.1, 0.15) is 0 Å². The van der Waals surface area contributed by atoms with E-state index in [1.54, 1.807) is 0 Å². The Balaban J connectivity index is 2.26. The van der Waals surface area contributed by atoms with E-state index in [9.17, 15) is 0 Å². The van der Waals surface area contributed by atoms with Crippen molar-refractivity contribution in [2.24, 2.45) is 0 Å². The van der Waals surface area contributed by atoms with Gasteiger partial charge in [0.25, 0.3) is 0 Å². The largest absolute Gasteiger partial charge is 0.396 e. The lowest BCUT2D eigenvalue weighted by atomic mass is 10.0. The van der Waals surface area contributed by atoms with Gasteiger partial charge in [0.2, 0.25) is 0 Å². The Morgan fingerprint density at radius 1 is 1.46 bits per heavy atom. The second kappa shape index (κ2) is 4.13. The first-order valence-electron chi connectivity index (χ1n) is 4.48. The van der Waals surface area contributed by atoms with Crippen LogP contribution in [0.2, 0.25) is 0 Å². The molecule has 0 bridgehead atoms. The van der Waals surface area contributed by atoms with Crippen molar-refractivity contribution < 1.29 is 5.11 Å². The molecule has 0 fully saturated rings. The molecule has 3 heteroatoms. The van der Waals surface area contributed by atoms with Crippen LogP contribution in [0.4, 0.5) is 0 Å². The maximum atomic E-state index is 8.90. The van der Waals surface area contributed by atoms with Gasteiger partial charge in [-0.1, -0.05) is 18.2 Å². The number of fused-ring (bicyclic) bond motifs is 1. The summed E-state index contributed by atoms with van der Waals surface area (Å²) in [6, 6.07) is 8.73. The van der Waals surface area contributed by atoms with Crippen LogP contribution in [0.25, 0.3) is 0 Å². The van der Waals surface area contributed by atoms with Crippen LogP contribution in [0.3, 0.4) is 0 Å². The second-order valence-electron chi connectivity index (χ2n) is 3.10. The third-order valence-electron chi connectivity index (χ3n) is 2.27. The Kier molecular flexibility index (Phi) is 2.88. The average molecular weight is 195 g/mol. The molecule has 1 aromatic rings. The van der Waals surface area contributed by atoms with Gasteiger partial charge in [0, 0.05) is 23.4 Å². The van der Waals surface area contributed by atoms with Crippen LogP contribution in [0.5, 0.6) is 0 Å². The Morgan fingerprint density at radius 3 is 3.15 bits per heavy atom. The number of rotatable bonds is 2. The third kappa shape index (κ3) is 1.88. The van der Waals surface area contributed by atoms with Gasteiger partial charge < -0.3 is 10.4 Å². The van der Waals surface area contributed by atoms with Gasteiger partial charge >= 0.3 is 0 Å². The van der Waals surface area contributed by atoms with Crippen LogP contribution >= 0.6 is 11.8 Å². The summed E-state index contributed by atoms with van der Waals surface area (Å²) in [6.07, 6.45) is 0.803. The summed E-state index contributed by atoms with van der Waals surface area (Å²) in [5.41, 5.74) is 1.33. The smallest absolute Gasteiger partial charge is 0.0470 e. The lowest BCUT2D eigenvalue weighted by Gasteiger charge is -2.25. The van der Waals surface area contributed by atoms with Crippen molar-refractivity contribution in [2.45, 2.75) is 17.4 Å². The zero-order valence-corrected chi connectivity index (χ0v) is 8.18. The predicted octanol–water partition coefficient (Wildman–Crippen LogP) is 1.76. The van der Waals surface area contributed by atoms with Gasteiger partial charge in [0.15, 0.2) is 0 Å². The monoisotopic (exact) mass is 195 g/mol. The van der Waals surface area contributed by atoms with E-state index in [4.69, 9.17) is 5.11 Å². The molecule has 1 aliphatic rings. The lowest BCUT2D eigenvalue weighted by Crippen LogP contribution is -2.25. The topological polar surface area (TPSA) is 32.3 Å². The van der Waals surface area contributed by atoms with Gasteiger partial charge in [-0.2, -0.15) is 0 Å². The molecule has 0 aromatic heterocycles. The number of hydrogen-bond donors (Lipinski definition) is 2. The minimum Gasteiger partial charge on any atom is -0.396 e. The molecule has 0 amide bonds. The summed E-state index contributed by atoms with van der Waals surface area (Å²) < 4.78 is 0. The second-order valence-corrected chi connectivity index (χ2v) is 4.11. The molecule has 1 unspecified atom stereocenters. The van der Waals surface area contributed by atoms with Crippen molar-refractivity contribution >= 4 is 11.8 Å². The van der Waals surface area contributed by atoms with Gasteiger partial charge in [-0.15, -0.1) is 11.8 Å². The van der Waals surface area contributed by atoms with E-state index in [1.165, 1.54) is 10.5 Å². The molecule has 2 N–H and O–H groups in total. The molecule has 2 rings (SSSR count). The molecule has 2 nitrogen and oxygen atoms in total. The van der Waals surface area contributed by atoms with Crippen LogP contribution in [-0.4, -0.2) is 17.6 Å². The molecule has 1 atom stereocenters. The Morgan fingerprint density at radius 2 is 2.31 bits per heavy atom. The van der Waals surface area contributed by atoms with Crippen molar-refractivity contribution in [1.29, 1.82) is 0 Å². The number of aliphatic hydroxyl groups excluding tert-OH is 1. The molecule has 0 spiro atoms. The van der Waals surface area contributed by atoms with E-state index in [0.29, 0.717) is 6.04 Å². The molecule has 0 radical (unpaired) electrons. The first-order chi connectivity index (χ1) is 6.42. The fourth-order valence-electron chi connectivity index (χ4n) is 1.62. The van der Waals surface area contributed by atoms with Gasteiger partial charge in [-0.25, -0.2) is 0 Å². The zero-order chi connectivity index (χ0) is 9.10. The van der Waals surface area contributed by atoms with E-state index < -0.39 is 0 Å². The van der Waals surface area contributed by atoms with Crippen molar-refractivity contribution in [3.63, 3.8) is 0 Å². The minimum atomic E-state index is 0.247. The number of benzene rings is 1. The van der Waals surface area contributed by atoms with Crippen LogP contribution < -0.4 is 5.32 Å². The van der Waals surface area contributed by atoms with Crippen LogP contribution in [0.15, 0.2) is 29.2 Å². The van der Waals surface area contributed by atoms with Crippen LogP contribution in [-0.2, 0) is 0 Å². The number of nitrogens with one attached hydrogen (secondary N) is 1. The standard InChI is InChI=1S/C10H13NOS/c12-6-5-9-8-3-1-2-4-10(8)13-7-11-9/h1-4,9,11-12H,5-7H2. The summed E-state index contributed by atoms with van der Waals surface area (Å²) in [4.78, 5) is 1.35. The molecule has 0 saturated carbocycles. The number of hydrogen-bond acceptors (Lipinski definition) is 3. The average Bonchev–Trinajstić information content (AvgIpc) is 2.19. The molecule has 1 aromatic carbocycles. The SMILES string of the molecule is OCCC1NCSc2ccccc21. The van der Waals surface area contributed by atoms with E-state index in [-0.39, 0.29) is 6.61 Å². The van der Waals surface area contributed by atoms with E-state index in [1.807, 2.05) is 11.8 Å². The Labute approximate surface area is 82.4 Å². The van der Waals surface area contributed by atoms with E-state index in [2.05, 4.69) is 29.6 Å². The summed E-state index contributed by atoms with van der Waals surface area (Å²) in [5.74, 6) is 0.946. The fourth-order valence-corrected chi connectivity index (χ4v) is 2.61. The van der Waals surface area contributed by atoms with Crippen molar-refractivity contribution in [1.82, 2.24) is 5.32 Å². The zero-order valence-electron chi connectivity index (χ0n) is 7.36. The molecule has 70 valence electrons. The molecule has 0 saturated heterocycles. The molecule has 1 heterocycles. The normalized spacial score (nSPS) is 21.2. The highest BCUT2D eigenvalue weighted by Gasteiger charge is 2.18. The molecular weight excluding hydrogens is 182 g/mol. The van der Waals surface area contributed by atoms with Crippen molar-refractivity contribution in [3.05, 3.63) is 29.8 Å². The van der Waals surface area contributed by atoms with Crippen LogP contribution in [0, 0.1) is 0 Å². The van der Waals surface area contributed by atoms with Crippen molar-refractivity contribution in [2.75, 3.05) is 12.5 Å². The quantitative estimate of drug-likeness (QED) is 0.754. The highest BCUT2D eigenvalue weighted by Crippen LogP contribution is 2.32. The summed E-state index contributed by atoms with van der Waals surface area (Å²) in [6.45, 7) is 0.247. The first kappa shape index (κ1) is 9.06. The summed E-state index contributed by atoms with van der Waals surface area (Å²) >= 11 is 1.83. The highest BCUT2D eigenvalue weighted by atomic mass is 32.2. The number of aliphatic hydroxyl groups is 1. The molecule has 0 aliphatic carbocycles. The fraction of sp³-hybridized carbons (Fsp3) is 0.400. The molecule has 1 aliphatic heterocycles. The van der Waals surface area contributed by atoms with Gasteiger partial charge in [-0.3, -0.25) is 0 Å². The minimum absolute atomic E-state index is 0.247. The predicted molar refractivity (Wildman–Crippen MR) is 54.7 cm³/mol. The van der Waals surface area contributed by atoms with Gasteiger partial charge in [0.05, 0.1) is 0 Å². The van der Waals surface area contributed by atoms with Crippen molar-refractivity contribution in [3.8, 4) is 0 Å². The van der Waals surface area contributed by atoms with E-state index >= 15 is 0 Å². The Hall–Kier alpha value is -0.510. The van der Waals surface area contributed by atoms with Crippen LogP contribution in [0.1, 0.15) is 18.0 Å². The third-order valence-corrected chi connectivity index (χ3v) is 3.26. The first-order valence-corrected chi connectivity index (χ1v) is 5.46. The number of thioether (sulfide) groups is 1. The summed E-state index contributed by atoms with van der Waals surface area (Å²) in [7, 11) is 0. The maximum absolute atomic E-state index is 8.90. The molecular formula is C10H13NOS. The Bertz CT molecular complexity index is 290. The lowest BCUT2D eigenvalue weighted by molar-refractivity contribution is 0.267. The summed E-state index contributed by atoms with van der Waals surface area (Å²) in [5, 5.41) is 12.3. The van der Waals surface area contributed by atoms with Gasteiger partial charge in [-0.05, 0) is 18.1 Å².